The summed E-state index contributed by atoms with van der Waals surface area (Å²) in [4.78, 5) is 67.8. The summed E-state index contributed by atoms with van der Waals surface area (Å²) in [5, 5.41) is 0. The molecule has 50 heavy (non-hydrogen) atoms. The largest absolute Gasteiger partial charge is 0.461 e. The number of carbonyl (C=O) groups is 5. The van der Waals surface area contributed by atoms with Gasteiger partial charge in [0, 0.05) is 28.1 Å². The highest BCUT2D eigenvalue weighted by Crippen LogP contribution is 2.47. The normalized spacial score (nSPS) is 15.7. The molecule has 0 fully saturated rings. The van der Waals surface area contributed by atoms with Crippen molar-refractivity contribution in [3.63, 3.8) is 0 Å². The molecule has 0 saturated heterocycles. The van der Waals surface area contributed by atoms with E-state index in [-0.39, 0.29) is 48.6 Å². The maximum Gasteiger partial charge on any atom is 0.313 e. The van der Waals surface area contributed by atoms with Gasteiger partial charge in [-0.15, -0.1) is 0 Å². The lowest BCUT2D eigenvalue weighted by molar-refractivity contribution is -0.185. The van der Waals surface area contributed by atoms with Crippen molar-refractivity contribution < 1.29 is 38.2 Å². The molecule has 0 radical (unpaired) electrons. The predicted molar refractivity (Wildman–Crippen MR) is 201 cm³/mol. The number of carbonyl (C=O) groups excluding carboxylic acids is 5. The van der Waals surface area contributed by atoms with E-state index in [0.29, 0.717) is 25.7 Å². The van der Waals surface area contributed by atoms with E-state index < -0.39 is 50.9 Å². The molecular weight excluding hydrogens is 634 g/mol. The fourth-order valence-corrected chi connectivity index (χ4v) is 7.10. The third kappa shape index (κ3) is 14.7. The van der Waals surface area contributed by atoms with Crippen molar-refractivity contribution in [3.8, 4) is 0 Å². The Hall–Kier alpha value is -2.29. The van der Waals surface area contributed by atoms with Gasteiger partial charge in [-0.3, -0.25) is 24.0 Å². The minimum atomic E-state index is -0.989. The number of hydrogen-bond acceptors (Lipinski definition) is 9. The molecule has 0 aliphatic rings. The Kier molecular flexibility index (Phi) is 17.6. The van der Waals surface area contributed by atoms with Crippen LogP contribution in [0.3, 0.4) is 0 Å². The average molecular weight is 710 g/mol. The first-order valence-electron chi connectivity index (χ1n) is 18.7. The van der Waals surface area contributed by atoms with Crippen LogP contribution in [0.1, 0.15) is 162 Å². The summed E-state index contributed by atoms with van der Waals surface area (Å²) >= 11 is 0. The van der Waals surface area contributed by atoms with Crippen molar-refractivity contribution in [2.75, 3.05) is 20.6 Å². The molecule has 0 saturated carbocycles. The third-order valence-electron chi connectivity index (χ3n) is 11.2. The predicted octanol–water partition coefficient (Wildman–Crippen LogP) is 8.78. The molecule has 9 nitrogen and oxygen atoms in total. The van der Waals surface area contributed by atoms with Crippen LogP contribution >= 0.6 is 0 Å². The Morgan fingerprint density at radius 2 is 1.10 bits per heavy atom. The number of Topliss-reactive ketones (excluding diaryl/α,β-unsaturated/α-hetero) is 2. The SMILES string of the molecule is CCC(C)C(C)(C)C(=O)CC(=O)OC(C)(C)CC(C)(C)C(OC(=O)CCCN(C)C)C(C)(C)CC(C)(CC)OC(=O)CC(=O)C(C)(C)C(C)C. The van der Waals surface area contributed by atoms with Gasteiger partial charge in [-0.1, -0.05) is 96.4 Å². The molecule has 0 bridgehead atoms. The van der Waals surface area contributed by atoms with Crippen LogP contribution in [0.25, 0.3) is 0 Å². The van der Waals surface area contributed by atoms with Crippen molar-refractivity contribution in [1.82, 2.24) is 4.90 Å². The highest BCUT2D eigenvalue weighted by atomic mass is 16.6. The maximum atomic E-state index is 13.4. The minimum Gasteiger partial charge on any atom is -0.461 e. The number of hydrogen-bond donors (Lipinski definition) is 0. The summed E-state index contributed by atoms with van der Waals surface area (Å²) in [5.74, 6) is -1.62. The average Bonchev–Trinajstić information content (AvgIpc) is 2.93. The summed E-state index contributed by atoms with van der Waals surface area (Å²) in [6, 6.07) is 0. The third-order valence-corrected chi connectivity index (χ3v) is 11.2. The van der Waals surface area contributed by atoms with Gasteiger partial charge in [0.15, 0.2) is 0 Å². The summed E-state index contributed by atoms with van der Waals surface area (Å²) in [6.45, 7) is 31.5. The van der Waals surface area contributed by atoms with Gasteiger partial charge >= 0.3 is 17.9 Å². The highest BCUT2D eigenvalue weighted by Gasteiger charge is 2.50. The molecule has 0 aromatic heterocycles. The number of esters is 3. The zero-order valence-electron chi connectivity index (χ0n) is 35.3. The van der Waals surface area contributed by atoms with E-state index >= 15 is 0 Å². The van der Waals surface area contributed by atoms with Crippen LogP contribution in [-0.2, 0) is 38.2 Å². The van der Waals surface area contributed by atoms with E-state index in [1.807, 2.05) is 130 Å². The fourth-order valence-electron chi connectivity index (χ4n) is 7.10. The zero-order valence-corrected chi connectivity index (χ0v) is 35.3. The van der Waals surface area contributed by atoms with Crippen molar-refractivity contribution in [1.29, 1.82) is 0 Å². The maximum absolute atomic E-state index is 13.4. The second kappa shape index (κ2) is 18.5. The monoisotopic (exact) mass is 710 g/mol. The molecule has 0 N–H and O–H groups in total. The molecule has 0 aliphatic carbocycles. The lowest BCUT2D eigenvalue weighted by Gasteiger charge is -2.48. The van der Waals surface area contributed by atoms with Gasteiger partial charge in [0.25, 0.3) is 0 Å². The van der Waals surface area contributed by atoms with Crippen LogP contribution in [0.15, 0.2) is 0 Å². The molecule has 0 heterocycles. The van der Waals surface area contributed by atoms with E-state index in [2.05, 4.69) is 0 Å². The zero-order chi connectivity index (χ0) is 39.7. The standard InChI is InChI=1S/C41H75NO8/c1-19-29(5)40(14,15)31(44)25-33(46)49-38(10,11)26-36(6,7)35(48-32(45)22-21-23-42(17)18)37(8,9)27-41(16,20-2)50-34(47)24-30(43)39(12,13)28(3)4/h28-29,35H,19-27H2,1-18H3. The Morgan fingerprint density at radius 3 is 1.54 bits per heavy atom. The molecule has 0 amide bonds. The quantitative estimate of drug-likeness (QED) is 0.0583. The lowest BCUT2D eigenvalue weighted by Crippen LogP contribution is -2.51. The van der Waals surface area contributed by atoms with Crippen molar-refractivity contribution >= 4 is 29.5 Å². The first kappa shape index (κ1) is 47.7. The van der Waals surface area contributed by atoms with Crippen molar-refractivity contribution in [3.05, 3.63) is 0 Å². The molecule has 0 spiro atoms. The smallest absolute Gasteiger partial charge is 0.313 e. The van der Waals surface area contributed by atoms with E-state index in [9.17, 15) is 24.0 Å². The minimum absolute atomic E-state index is 0.0651. The van der Waals surface area contributed by atoms with Gasteiger partial charge < -0.3 is 19.1 Å². The number of ether oxygens (including phenoxy) is 3. The molecular formula is C41H75NO8. The van der Waals surface area contributed by atoms with Crippen molar-refractivity contribution in [2.45, 2.75) is 179 Å². The Morgan fingerprint density at radius 1 is 0.640 bits per heavy atom. The summed E-state index contributed by atoms with van der Waals surface area (Å²) in [6.07, 6.45) is 1.56. The highest BCUT2D eigenvalue weighted by molar-refractivity contribution is 5.99. The van der Waals surface area contributed by atoms with Crippen LogP contribution in [0, 0.1) is 33.5 Å². The molecule has 0 aliphatic heterocycles. The van der Waals surface area contributed by atoms with Gasteiger partial charge in [0.1, 0.15) is 41.7 Å². The molecule has 0 aromatic rings. The van der Waals surface area contributed by atoms with Crippen LogP contribution < -0.4 is 0 Å². The molecule has 9 heteroatoms. The Bertz CT molecular complexity index is 1160. The van der Waals surface area contributed by atoms with Gasteiger partial charge in [0.2, 0.25) is 0 Å². The first-order valence-corrected chi connectivity index (χ1v) is 18.7. The van der Waals surface area contributed by atoms with Gasteiger partial charge in [0.05, 0.1) is 0 Å². The number of nitrogens with zero attached hydrogens (tertiary/aromatic N) is 1. The summed E-state index contributed by atoms with van der Waals surface area (Å²) in [7, 11) is 3.90. The number of ketones is 2. The summed E-state index contributed by atoms with van der Waals surface area (Å²) in [5.41, 5.74) is -4.69. The Labute approximate surface area is 305 Å². The van der Waals surface area contributed by atoms with Gasteiger partial charge in [-0.2, -0.15) is 0 Å². The van der Waals surface area contributed by atoms with Crippen LogP contribution in [0.4, 0.5) is 0 Å². The first-order chi connectivity index (χ1) is 22.4. The van der Waals surface area contributed by atoms with Crippen LogP contribution in [0.2, 0.25) is 0 Å². The molecule has 3 unspecified atom stereocenters. The molecule has 292 valence electrons. The van der Waals surface area contributed by atoms with Gasteiger partial charge in [-0.25, -0.2) is 0 Å². The van der Waals surface area contributed by atoms with E-state index in [4.69, 9.17) is 14.2 Å². The van der Waals surface area contributed by atoms with Gasteiger partial charge in [-0.05, 0) is 78.9 Å². The molecule has 0 aromatic carbocycles. The molecule has 0 rings (SSSR count). The fraction of sp³-hybridized carbons (Fsp3) is 0.878. The van der Waals surface area contributed by atoms with Crippen molar-refractivity contribution in [2.24, 2.45) is 33.5 Å². The lowest BCUT2D eigenvalue weighted by atomic mass is 9.64. The van der Waals surface area contributed by atoms with E-state index in [1.165, 1.54) is 0 Å². The second-order valence-electron chi connectivity index (χ2n) is 18.7. The topological polar surface area (TPSA) is 116 Å². The van der Waals surface area contributed by atoms with E-state index in [1.54, 1.807) is 0 Å². The van der Waals surface area contributed by atoms with Crippen LogP contribution in [-0.4, -0.2) is 72.3 Å². The van der Waals surface area contributed by atoms with E-state index in [0.717, 1.165) is 13.0 Å². The molecule has 3 atom stereocenters. The second-order valence-corrected chi connectivity index (χ2v) is 18.7. The Balaban J connectivity index is 6.34. The summed E-state index contributed by atoms with van der Waals surface area (Å²) < 4.78 is 18.4. The number of rotatable bonds is 23. The van der Waals surface area contributed by atoms with Crippen LogP contribution in [0.5, 0.6) is 0 Å².